The molecule has 2 heterocycles. The van der Waals surface area contributed by atoms with Crippen LogP contribution < -0.4 is 11.2 Å². The lowest BCUT2D eigenvalue weighted by Crippen LogP contribution is -2.34. The number of thioether (sulfide) groups is 1. The van der Waals surface area contributed by atoms with Crippen molar-refractivity contribution >= 4 is 17.7 Å². The number of rotatable bonds is 8. The molecule has 0 aliphatic rings. The van der Waals surface area contributed by atoms with Crippen molar-refractivity contribution in [2.75, 3.05) is 12.4 Å². The molecule has 146 valence electrons. The number of carbonyl (C=O) groups excluding carboxylic acids is 1. The first-order chi connectivity index (χ1) is 13.6. The molecule has 0 saturated carbocycles. The van der Waals surface area contributed by atoms with E-state index in [4.69, 9.17) is 5.84 Å². The average molecular weight is 397 g/mol. The Morgan fingerprint density at radius 1 is 1.21 bits per heavy atom. The van der Waals surface area contributed by atoms with Crippen molar-refractivity contribution in [3.05, 3.63) is 60.4 Å². The van der Waals surface area contributed by atoms with Crippen molar-refractivity contribution in [2.24, 2.45) is 0 Å². The summed E-state index contributed by atoms with van der Waals surface area (Å²) in [4.78, 5) is 16.6. The van der Waals surface area contributed by atoms with E-state index in [0.29, 0.717) is 17.5 Å². The molecule has 3 rings (SSSR count). The standard InChI is InChI=1S/C20H24N6OS/c1-3-15(16-8-5-4-6-9-16)13-23-19(27)14(2)28-20-25-24-18(26(20)21)17-10-7-11-22-12-17/h4-12,14-15H,3,13,21H2,1-2H3,(H,23,27)/t14-,15+/m1/s1. The molecule has 2 aromatic heterocycles. The lowest BCUT2D eigenvalue weighted by Gasteiger charge is -2.18. The number of benzene rings is 1. The lowest BCUT2D eigenvalue weighted by molar-refractivity contribution is -0.120. The second kappa shape index (κ2) is 9.36. The Bertz CT molecular complexity index is 900. The van der Waals surface area contributed by atoms with Crippen LogP contribution in [0.25, 0.3) is 11.4 Å². The number of pyridine rings is 1. The molecule has 3 N–H and O–H groups in total. The minimum atomic E-state index is -0.346. The maximum atomic E-state index is 12.5. The van der Waals surface area contributed by atoms with Gasteiger partial charge in [0.2, 0.25) is 11.1 Å². The minimum Gasteiger partial charge on any atom is -0.355 e. The summed E-state index contributed by atoms with van der Waals surface area (Å²) in [5, 5.41) is 11.4. The Kier molecular flexibility index (Phi) is 6.65. The number of nitrogens with zero attached hydrogens (tertiary/aromatic N) is 4. The highest BCUT2D eigenvalue weighted by molar-refractivity contribution is 8.00. The Hall–Kier alpha value is -2.87. The van der Waals surface area contributed by atoms with Crippen LogP contribution in [-0.2, 0) is 4.79 Å². The SMILES string of the molecule is CC[C@@H](CNC(=O)[C@@H](C)Sc1nnc(-c2cccnc2)n1N)c1ccccc1. The maximum Gasteiger partial charge on any atom is 0.233 e. The Morgan fingerprint density at radius 3 is 2.68 bits per heavy atom. The van der Waals surface area contributed by atoms with Gasteiger partial charge in [0, 0.05) is 30.4 Å². The zero-order chi connectivity index (χ0) is 19.9. The Balaban J connectivity index is 1.59. The number of nitrogens with one attached hydrogen (secondary N) is 1. The van der Waals surface area contributed by atoms with Gasteiger partial charge in [0.25, 0.3) is 0 Å². The molecule has 0 aliphatic heterocycles. The third kappa shape index (κ3) is 4.69. The first-order valence-electron chi connectivity index (χ1n) is 9.20. The maximum absolute atomic E-state index is 12.5. The molecule has 0 radical (unpaired) electrons. The van der Waals surface area contributed by atoms with Crippen molar-refractivity contribution in [3.63, 3.8) is 0 Å². The van der Waals surface area contributed by atoms with E-state index in [2.05, 4.69) is 39.6 Å². The van der Waals surface area contributed by atoms with Crippen molar-refractivity contribution < 1.29 is 4.79 Å². The average Bonchev–Trinajstić information content (AvgIpc) is 3.10. The van der Waals surface area contributed by atoms with Gasteiger partial charge in [-0.3, -0.25) is 9.78 Å². The fourth-order valence-corrected chi connectivity index (χ4v) is 3.65. The van der Waals surface area contributed by atoms with Crippen LogP contribution in [0.4, 0.5) is 0 Å². The Morgan fingerprint density at radius 2 is 2.00 bits per heavy atom. The van der Waals surface area contributed by atoms with Crippen molar-refractivity contribution in [3.8, 4) is 11.4 Å². The molecule has 0 aliphatic carbocycles. The van der Waals surface area contributed by atoms with Crippen LogP contribution in [0, 0.1) is 0 Å². The number of hydrogen-bond donors (Lipinski definition) is 2. The van der Waals surface area contributed by atoms with E-state index in [-0.39, 0.29) is 17.1 Å². The number of nitrogens with two attached hydrogens (primary N) is 1. The normalized spacial score (nSPS) is 13.1. The number of hydrogen-bond acceptors (Lipinski definition) is 6. The molecule has 0 spiro atoms. The molecular weight excluding hydrogens is 372 g/mol. The van der Waals surface area contributed by atoms with Crippen LogP contribution >= 0.6 is 11.8 Å². The van der Waals surface area contributed by atoms with E-state index in [9.17, 15) is 4.79 Å². The zero-order valence-electron chi connectivity index (χ0n) is 15.9. The molecule has 1 aromatic carbocycles. The Labute approximate surface area is 168 Å². The second-order valence-corrected chi connectivity index (χ2v) is 7.75. The van der Waals surface area contributed by atoms with E-state index in [1.807, 2.05) is 37.3 Å². The van der Waals surface area contributed by atoms with Crippen LogP contribution in [0.15, 0.2) is 60.0 Å². The summed E-state index contributed by atoms with van der Waals surface area (Å²) in [6.45, 7) is 4.56. The van der Waals surface area contributed by atoms with Crippen LogP contribution in [-0.4, -0.2) is 37.6 Å². The summed E-state index contributed by atoms with van der Waals surface area (Å²) in [5.74, 6) is 6.87. The van der Waals surface area contributed by atoms with Gasteiger partial charge in [-0.2, -0.15) is 0 Å². The molecule has 8 heteroatoms. The van der Waals surface area contributed by atoms with Gasteiger partial charge in [0.1, 0.15) is 0 Å². The number of carbonyl (C=O) groups is 1. The van der Waals surface area contributed by atoms with Gasteiger partial charge in [-0.05, 0) is 31.0 Å². The first-order valence-corrected chi connectivity index (χ1v) is 10.1. The fourth-order valence-electron chi connectivity index (χ4n) is 2.85. The number of nitrogen functional groups attached to an aromatic ring is 1. The first kappa shape index (κ1) is 19.9. The molecule has 28 heavy (non-hydrogen) atoms. The van der Waals surface area contributed by atoms with Crippen LogP contribution in [0.2, 0.25) is 0 Å². The highest BCUT2D eigenvalue weighted by Crippen LogP contribution is 2.25. The third-order valence-corrected chi connectivity index (χ3v) is 5.58. The van der Waals surface area contributed by atoms with Crippen molar-refractivity contribution in [2.45, 2.75) is 36.6 Å². The molecule has 0 bridgehead atoms. The van der Waals surface area contributed by atoms with Crippen LogP contribution in [0.3, 0.4) is 0 Å². The predicted molar refractivity (Wildman–Crippen MR) is 111 cm³/mol. The largest absolute Gasteiger partial charge is 0.355 e. The van der Waals surface area contributed by atoms with Crippen LogP contribution in [0.1, 0.15) is 31.7 Å². The highest BCUT2D eigenvalue weighted by atomic mass is 32.2. The molecule has 0 saturated heterocycles. The molecular formula is C20H24N6OS. The molecule has 2 atom stereocenters. The van der Waals surface area contributed by atoms with E-state index in [1.165, 1.54) is 22.0 Å². The van der Waals surface area contributed by atoms with Gasteiger partial charge in [-0.15, -0.1) is 10.2 Å². The van der Waals surface area contributed by atoms with Gasteiger partial charge >= 0.3 is 0 Å². The van der Waals surface area contributed by atoms with E-state index in [1.54, 1.807) is 12.4 Å². The monoisotopic (exact) mass is 396 g/mol. The van der Waals surface area contributed by atoms with E-state index < -0.39 is 0 Å². The quantitative estimate of drug-likeness (QED) is 0.449. The summed E-state index contributed by atoms with van der Waals surface area (Å²) in [5.41, 5.74) is 2.00. The number of aromatic nitrogens is 4. The minimum absolute atomic E-state index is 0.0506. The van der Waals surface area contributed by atoms with Crippen molar-refractivity contribution in [1.82, 2.24) is 25.2 Å². The van der Waals surface area contributed by atoms with Gasteiger partial charge in [-0.1, -0.05) is 49.0 Å². The number of amides is 1. The van der Waals surface area contributed by atoms with E-state index >= 15 is 0 Å². The highest BCUT2D eigenvalue weighted by Gasteiger charge is 2.21. The topological polar surface area (TPSA) is 98.7 Å². The van der Waals surface area contributed by atoms with Gasteiger partial charge in [0.15, 0.2) is 5.82 Å². The molecule has 0 fully saturated rings. The molecule has 0 unspecified atom stereocenters. The summed E-state index contributed by atoms with van der Waals surface area (Å²) in [7, 11) is 0. The zero-order valence-corrected chi connectivity index (χ0v) is 16.8. The van der Waals surface area contributed by atoms with Crippen molar-refractivity contribution in [1.29, 1.82) is 0 Å². The smallest absolute Gasteiger partial charge is 0.233 e. The molecule has 7 nitrogen and oxygen atoms in total. The second-order valence-electron chi connectivity index (χ2n) is 6.44. The summed E-state index contributed by atoms with van der Waals surface area (Å²) in [6, 6.07) is 13.9. The fraction of sp³-hybridized carbons (Fsp3) is 0.300. The summed E-state index contributed by atoms with van der Waals surface area (Å²) < 4.78 is 1.39. The lowest BCUT2D eigenvalue weighted by atomic mass is 9.96. The summed E-state index contributed by atoms with van der Waals surface area (Å²) >= 11 is 1.28. The van der Waals surface area contributed by atoms with E-state index in [0.717, 1.165) is 12.0 Å². The third-order valence-electron chi connectivity index (χ3n) is 4.52. The molecule has 1 amide bonds. The van der Waals surface area contributed by atoms with Gasteiger partial charge < -0.3 is 11.2 Å². The van der Waals surface area contributed by atoms with Crippen LogP contribution in [0.5, 0.6) is 0 Å². The van der Waals surface area contributed by atoms with Gasteiger partial charge in [0.05, 0.1) is 5.25 Å². The summed E-state index contributed by atoms with van der Waals surface area (Å²) in [6.07, 6.45) is 4.31. The molecule has 3 aromatic rings. The van der Waals surface area contributed by atoms with Gasteiger partial charge in [-0.25, -0.2) is 4.68 Å². The predicted octanol–water partition coefficient (Wildman–Crippen LogP) is 2.84.